The number of carbonyl (C=O) groups is 1. The molecule has 1 unspecified atom stereocenters. The van der Waals surface area contributed by atoms with Gasteiger partial charge in [0, 0.05) is 31.0 Å². The summed E-state index contributed by atoms with van der Waals surface area (Å²) < 4.78 is 0. The molecule has 0 bridgehead atoms. The zero-order valence-electron chi connectivity index (χ0n) is 13.0. The topological polar surface area (TPSA) is 75.5 Å². The Labute approximate surface area is 129 Å². The van der Waals surface area contributed by atoms with E-state index in [4.69, 9.17) is 0 Å². The Kier molecular flexibility index (Phi) is 3.87. The van der Waals surface area contributed by atoms with Crippen molar-refractivity contribution < 1.29 is 9.72 Å². The van der Waals surface area contributed by atoms with Crippen molar-refractivity contribution in [2.75, 3.05) is 25.0 Å². The minimum absolute atomic E-state index is 0.0116. The molecule has 2 fully saturated rings. The summed E-state index contributed by atoms with van der Waals surface area (Å²) in [5.74, 6) is 0.176. The lowest BCUT2D eigenvalue weighted by molar-refractivity contribution is -0.385. The largest absolute Gasteiger partial charge is 0.316 e. The fraction of sp³-hybridized carbons (Fsp3) is 0.562. The molecule has 22 heavy (non-hydrogen) atoms. The summed E-state index contributed by atoms with van der Waals surface area (Å²) in [6.45, 7) is 3.54. The highest BCUT2D eigenvalue weighted by Crippen LogP contribution is 2.41. The van der Waals surface area contributed by atoms with Gasteiger partial charge in [-0.3, -0.25) is 14.9 Å². The molecule has 0 radical (unpaired) electrons. The van der Waals surface area contributed by atoms with Crippen LogP contribution >= 0.6 is 0 Å². The molecule has 0 spiro atoms. The van der Waals surface area contributed by atoms with Gasteiger partial charge >= 0.3 is 0 Å². The van der Waals surface area contributed by atoms with Crippen LogP contribution < -0.4 is 10.2 Å². The number of aryl methyl sites for hydroxylation is 1. The lowest BCUT2D eigenvalue weighted by atomic mass is 9.91. The van der Waals surface area contributed by atoms with Crippen molar-refractivity contribution in [2.24, 2.45) is 5.92 Å². The smallest absolute Gasteiger partial charge is 0.296 e. The molecule has 3 rings (SSSR count). The van der Waals surface area contributed by atoms with Gasteiger partial charge in [0.05, 0.1) is 4.92 Å². The third kappa shape index (κ3) is 2.59. The highest BCUT2D eigenvalue weighted by molar-refractivity contribution is 5.98. The minimum Gasteiger partial charge on any atom is -0.316 e. The van der Waals surface area contributed by atoms with Gasteiger partial charge in [-0.15, -0.1) is 0 Å². The first kappa shape index (κ1) is 15.0. The molecular weight excluding hydrogens is 282 g/mol. The van der Waals surface area contributed by atoms with Crippen molar-refractivity contribution in [3.8, 4) is 0 Å². The first-order valence-electron chi connectivity index (χ1n) is 7.77. The van der Waals surface area contributed by atoms with Crippen LogP contribution in [0.2, 0.25) is 0 Å². The summed E-state index contributed by atoms with van der Waals surface area (Å²) in [4.78, 5) is 25.1. The second-order valence-corrected chi connectivity index (χ2v) is 6.28. The van der Waals surface area contributed by atoms with Gasteiger partial charge in [-0.2, -0.15) is 0 Å². The lowest BCUT2D eigenvalue weighted by Crippen LogP contribution is -2.28. The second kappa shape index (κ2) is 5.68. The Hall–Kier alpha value is -1.95. The quantitative estimate of drug-likeness (QED) is 0.684. The summed E-state index contributed by atoms with van der Waals surface area (Å²) in [5.41, 5.74) is 2.24. The lowest BCUT2D eigenvalue weighted by Gasteiger charge is -2.21. The molecule has 118 valence electrons. The number of hydrogen-bond donors (Lipinski definition) is 1. The van der Waals surface area contributed by atoms with E-state index in [9.17, 15) is 14.9 Å². The Balaban J connectivity index is 2.07. The maximum atomic E-state index is 12.3. The Morgan fingerprint density at radius 2 is 2.09 bits per heavy atom. The molecule has 6 heteroatoms. The van der Waals surface area contributed by atoms with Gasteiger partial charge in [0.1, 0.15) is 5.69 Å². The fourth-order valence-electron chi connectivity index (χ4n) is 3.30. The molecule has 0 aromatic heterocycles. The van der Waals surface area contributed by atoms with E-state index in [0.717, 1.165) is 43.5 Å². The van der Waals surface area contributed by atoms with Crippen LogP contribution in [0.4, 0.5) is 11.4 Å². The van der Waals surface area contributed by atoms with Crippen molar-refractivity contribution in [3.63, 3.8) is 0 Å². The first-order valence-corrected chi connectivity index (χ1v) is 7.77. The normalized spacial score (nSPS) is 20.9. The molecule has 1 aromatic rings. The van der Waals surface area contributed by atoms with E-state index >= 15 is 0 Å². The average molecular weight is 303 g/mol. The van der Waals surface area contributed by atoms with Gasteiger partial charge in [-0.1, -0.05) is 6.07 Å². The van der Waals surface area contributed by atoms with E-state index in [-0.39, 0.29) is 28.4 Å². The van der Waals surface area contributed by atoms with Crippen LogP contribution in [0.3, 0.4) is 0 Å². The van der Waals surface area contributed by atoms with Gasteiger partial charge in [0.15, 0.2) is 0 Å². The molecule has 6 nitrogen and oxygen atoms in total. The molecule has 1 atom stereocenters. The number of carbonyl (C=O) groups excluding carboxylic acids is 1. The van der Waals surface area contributed by atoms with Crippen LogP contribution in [0.1, 0.15) is 36.3 Å². The van der Waals surface area contributed by atoms with Crippen molar-refractivity contribution in [1.82, 2.24) is 5.32 Å². The molecular formula is C16H21N3O3. The Bertz CT molecular complexity index is 619. The summed E-state index contributed by atoms with van der Waals surface area (Å²) in [7, 11) is 1.65. The second-order valence-electron chi connectivity index (χ2n) is 6.28. The average Bonchev–Trinajstić information content (AvgIpc) is 3.21. The van der Waals surface area contributed by atoms with E-state index in [1.165, 1.54) is 4.90 Å². The third-order valence-electron chi connectivity index (χ3n) is 4.68. The van der Waals surface area contributed by atoms with Crippen molar-refractivity contribution in [3.05, 3.63) is 33.4 Å². The fourth-order valence-corrected chi connectivity index (χ4v) is 3.30. The molecule has 1 aliphatic carbocycles. The van der Waals surface area contributed by atoms with Crippen LogP contribution in [-0.4, -0.2) is 31.0 Å². The number of nitrogens with zero attached hydrogens (tertiary/aromatic N) is 2. The highest BCUT2D eigenvalue weighted by Gasteiger charge is 2.36. The number of anilines is 1. The van der Waals surface area contributed by atoms with Gasteiger partial charge in [-0.05, 0) is 44.4 Å². The number of nitro groups is 1. The number of hydrogen-bond acceptors (Lipinski definition) is 4. The maximum absolute atomic E-state index is 12.3. The predicted molar refractivity (Wildman–Crippen MR) is 84.2 cm³/mol. The van der Waals surface area contributed by atoms with Crippen molar-refractivity contribution in [2.45, 2.75) is 32.1 Å². The van der Waals surface area contributed by atoms with E-state index in [1.807, 2.05) is 13.0 Å². The SMILES string of the molecule is Cc1ccc(N(C)C(=O)C2CC2)c([N+](=O)[O-])c1C1CCNC1. The van der Waals surface area contributed by atoms with E-state index < -0.39 is 0 Å². The molecule has 1 amide bonds. The van der Waals surface area contributed by atoms with Crippen LogP contribution in [0.5, 0.6) is 0 Å². The number of nitro benzene ring substituents is 1. The van der Waals surface area contributed by atoms with Crippen LogP contribution in [0.15, 0.2) is 12.1 Å². The first-order chi connectivity index (χ1) is 10.5. The number of amides is 1. The standard InChI is InChI=1S/C16H21N3O3/c1-10-3-6-13(18(2)16(20)11-4-5-11)15(19(21)22)14(10)12-7-8-17-9-12/h3,6,11-12,17H,4-5,7-9H2,1-2H3. The van der Waals surface area contributed by atoms with E-state index in [0.29, 0.717) is 5.69 Å². The van der Waals surface area contributed by atoms with Gasteiger partial charge < -0.3 is 10.2 Å². The highest BCUT2D eigenvalue weighted by atomic mass is 16.6. The molecule has 1 aliphatic heterocycles. The van der Waals surface area contributed by atoms with Gasteiger partial charge in [0.2, 0.25) is 5.91 Å². The molecule has 1 saturated heterocycles. The molecule has 1 heterocycles. The summed E-state index contributed by atoms with van der Waals surface area (Å²) in [5, 5.41) is 15.0. The summed E-state index contributed by atoms with van der Waals surface area (Å²) in [6.07, 6.45) is 2.68. The number of benzene rings is 1. The van der Waals surface area contributed by atoms with Crippen LogP contribution in [-0.2, 0) is 4.79 Å². The molecule has 2 aliphatic rings. The summed E-state index contributed by atoms with van der Waals surface area (Å²) >= 11 is 0. The zero-order valence-corrected chi connectivity index (χ0v) is 13.0. The number of rotatable bonds is 4. The van der Waals surface area contributed by atoms with Gasteiger partial charge in [-0.25, -0.2) is 0 Å². The Morgan fingerprint density at radius 3 is 2.64 bits per heavy atom. The van der Waals surface area contributed by atoms with Crippen LogP contribution in [0.25, 0.3) is 0 Å². The van der Waals surface area contributed by atoms with Crippen LogP contribution in [0, 0.1) is 23.0 Å². The molecule has 1 saturated carbocycles. The molecule has 1 aromatic carbocycles. The minimum atomic E-state index is -0.327. The molecule has 1 N–H and O–H groups in total. The van der Waals surface area contributed by atoms with Crippen molar-refractivity contribution >= 4 is 17.3 Å². The maximum Gasteiger partial charge on any atom is 0.296 e. The zero-order chi connectivity index (χ0) is 15.9. The number of nitrogens with one attached hydrogen (secondary N) is 1. The monoisotopic (exact) mass is 303 g/mol. The third-order valence-corrected chi connectivity index (χ3v) is 4.68. The van der Waals surface area contributed by atoms with Gasteiger partial charge in [0.25, 0.3) is 5.69 Å². The summed E-state index contributed by atoms with van der Waals surface area (Å²) in [6, 6.07) is 3.60. The predicted octanol–water partition coefficient (Wildman–Crippen LogP) is 2.35. The van der Waals surface area contributed by atoms with E-state index in [2.05, 4.69) is 5.32 Å². The van der Waals surface area contributed by atoms with E-state index in [1.54, 1.807) is 13.1 Å². The Morgan fingerprint density at radius 1 is 1.36 bits per heavy atom. The van der Waals surface area contributed by atoms with Crippen molar-refractivity contribution in [1.29, 1.82) is 0 Å².